The number of hydrogen-bond acceptors (Lipinski definition) is 4. The Morgan fingerprint density at radius 1 is 1.12 bits per heavy atom. The Labute approximate surface area is 145 Å². The van der Waals surface area contributed by atoms with Crippen molar-refractivity contribution < 1.29 is 0 Å². The number of nitrogens with zero attached hydrogens (tertiary/aromatic N) is 2. The number of rotatable bonds is 5. The van der Waals surface area contributed by atoms with E-state index in [0.717, 1.165) is 12.2 Å². The lowest BCUT2D eigenvalue weighted by Gasteiger charge is -2.12. The Kier molecular flexibility index (Phi) is 4.83. The molecular formula is C18H19ClN4O. The van der Waals surface area contributed by atoms with Crippen molar-refractivity contribution >= 4 is 28.1 Å². The largest absolute Gasteiger partial charge is 0.381 e. The molecule has 3 aromatic rings. The SMILES string of the molecule is CN(C)Cc1cccc(CNc2ccc3c(=O)[nH]nc(Cl)c3c2)c1. The molecule has 124 valence electrons. The summed E-state index contributed by atoms with van der Waals surface area (Å²) in [5.74, 6) is 0. The van der Waals surface area contributed by atoms with E-state index in [0.29, 0.717) is 22.5 Å². The lowest BCUT2D eigenvalue weighted by atomic mass is 10.1. The number of halogens is 1. The van der Waals surface area contributed by atoms with E-state index in [4.69, 9.17) is 11.6 Å². The van der Waals surface area contributed by atoms with Crippen molar-refractivity contribution in [3.05, 3.63) is 69.1 Å². The molecular weight excluding hydrogens is 324 g/mol. The quantitative estimate of drug-likeness (QED) is 0.747. The summed E-state index contributed by atoms with van der Waals surface area (Å²) in [4.78, 5) is 13.9. The van der Waals surface area contributed by atoms with E-state index in [1.54, 1.807) is 6.07 Å². The van der Waals surface area contributed by atoms with Gasteiger partial charge in [0.25, 0.3) is 5.56 Å². The Morgan fingerprint density at radius 2 is 1.92 bits per heavy atom. The smallest absolute Gasteiger partial charge is 0.272 e. The highest BCUT2D eigenvalue weighted by atomic mass is 35.5. The third-order valence-corrected chi connectivity index (χ3v) is 4.02. The maximum Gasteiger partial charge on any atom is 0.272 e. The van der Waals surface area contributed by atoms with Crippen molar-refractivity contribution in [2.45, 2.75) is 13.1 Å². The molecule has 0 spiro atoms. The first-order valence-electron chi connectivity index (χ1n) is 7.67. The van der Waals surface area contributed by atoms with Crippen LogP contribution in [0.5, 0.6) is 0 Å². The van der Waals surface area contributed by atoms with Crippen LogP contribution in [-0.4, -0.2) is 29.2 Å². The first-order valence-corrected chi connectivity index (χ1v) is 8.05. The summed E-state index contributed by atoms with van der Waals surface area (Å²) in [7, 11) is 4.11. The highest BCUT2D eigenvalue weighted by Gasteiger charge is 2.06. The molecule has 0 fully saturated rings. The van der Waals surface area contributed by atoms with Crippen LogP contribution in [0.15, 0.2) is 47.3 Å². The van der Waals surface area contributed by atoms with E-state index in [-0.39, 0.29) is 5.56 Å². The number of aromatic amines is 1. The molecule has 24 heavy (non-hydrogen) atoms. The molecule has 6 heteroatoms. The molecule has 0 unspecified atom stereocenters. The predicted molar refractivity (Wildman–Crippen MR) is 98.5 cm³/mol. The van der Waals surface area contributed by atoms with Crippen LogP contribution in [0, 0.1) is 0 Å². The monoisotopic (exact) mass is 342 g/mol. The van der Waals surface area contributed by atoms with Crippen molar-refractivity contribution in [2.75, 3.05) is 19.4 Å². The average molecular weight is 343 g/mol. The molecule has 0 radical (unpaired) electrons. The molecule has 0 saturated heterocycles. The van der Waals surface area contributed by atoms with Gasteiger partial charge in [-0.25, -0.2) is 5.10 Å². The predicted octanol–water partition coefficient (Wildman–Crippen LogP) is 3.25. The van der Waals surface area contributed by atoms with Gasteiger partial charge in [0.05, 0.1) is 5.39 Å². The summed E-state index contributed by atoms with van der Waals surface area (Å²) < 4.78 is 0. The van der Waals surface area contributed by atoms with Crippen molar-refractivity contribution in [2.24, 2.45) is 0 Å². The summed E-state index contributed by atoms with van der Waals surface area (Å²) in [5.41, 5.74) is 3.13. The Morgan fingerprint density at radius 3 is 2.71 bits per heavy atom. The summed E-state index contributed by atoms with van der Waals surface area (Å²) in [6.07, 6.45) is 0. The molecule has 1 aromatic heterocycles. The first-order chi connectivity index (χ1) is 11.5. The maximum absolute atomic E-state index is 11.7. The van der Waals surface area contributed by atoms with Crippen LogP contribution in [0.3, 0.4) is 0 Å². The van der Waals surface area contributed by atoms with Crippen molar-refractivity contribution in [1.29, 1.82) is 0 Å². The molecule has 0 aliphatic carbocycles. The standard InChI is InChI=1S/C18H19ClN4O/c1-23(2)11-13-5-3-4-12(8-13)10-20-14-6-7-15-16(9-14)17(19)21-22-18(15)24/h3-9,20H,10-11H2,1-2H3,(H,22,24). The van der Waals surface area contributed by atoms with Crippen LogP contribution >= 0.6 is 11.6 Å². The van der Waals surface area contributed by atoms with Gasteiger partial charge in [0.1, 0.15) is 0 Å². The fourth-order valence-corrected chi connectivity index (χ4v) is 2.85. The number of aromatic nitrogens is 2. The summed E-state index contributed by atoms with van der Waals surface area (Å²) >= 11 is 6.07. The maximum atomic E-state index is 11.7. The van der Waals surface area contributed by atoms with Gasteiger partial charge in [0.15, 0.2) is 5.15 Å². The molecule has 0 bridgehead atoms. The van der Waals surface area contributed by atoms with Gasteiger partial charge in [0, 0.05) is 24.2 Å². The van der Waals surface area contributed by atoms with Gasteiger partial charge in [0.2, 0.25) is 0 Å². The van der Waals surface area contributed by atoms with Crippen molar-refractivity contribution in [1.82, 2.24) is 15.1 Å². The van der Waals surface area contributed by atoms with Gasteiger partial charge in [-0.2, -0.15) is 5.10 Å². The zero-order chi connectivity index (χ0) is 17.1. The molecule has 2 N–H and O–H groups in total. The van der Waals surface area contributed by atoms with E-state index in [1.807, 2.05) is 12.1 Å². The van der Waals surface area contributed by atoms with Crippen LogP contribution in [0.1, 0.15) is 11.1 Å². The van der Waals surface area contributed by atoms with Gasteiger partial charge in [-0.05, 0) is 43.4 Å². The third kappa shape index (κ3) is 3.75. The molecule has 0 aliphatic heterocycles. The Bertz CT molecular complexity index is 920. The minimum Gasteiger partial charge on any atom is -0.381 e. The number of anilines is 1. The van der Waals surface area contributed by atoms with E-state index in [9.17, 15) is 4.79 Å². The van der Waals surface area contributed by atoms with Gasteiger partial charge >= 0.3 is 0 Å². The van der Waals surface area contributed by atoms with E-state index >= 15 is 0 Å². The molecule has 0 amide bonds. The minimum absolute atomic E-state index is 0.239. The molecule has 5 nitrogen and oxygen atoms in total. The molecule has 0 saturated carbocycles. The zero-order valence-corrected chi connectivity index (χ0v) is 14.4. The van der Waals surface area contributed by atoms with E-state index in [2.05, 4.69) is 58.8 Å². The van der Waals surface area contributed by atoms with Gasteiger partial charge in [-0.15, -0.1) is 0 Å². The van der Waals surface area contributed by atoms with E-state index < -0.39 is 0 Å². The van der Waals surface area contributed by atoms with Gasteiger partial charge < -0.3 is 10.2 Å². The number of fused-ring (bicyclic) bond motifs is 1. The van der Waals surface area contributed by atoms with Crippen LogP contribution in [0.25, 0.3) is 10.8 Å². The highest BCUT2D eigenvalue weighted by Crippen LogP contribution is 2.22. The van der Waals surface area contributed by atoms with Crippen LogP contribution in [0.4, 0.5) is 5.69 Å². The lowest BCUT2D eigenvalue weighted by molar-refractivity contribution is 0.402. The number of benzene rings is 2. The highest BCUT2D eigenvalue weighted by molar-refractivity contribution is 6.34. The Balaban J connectivity index is 1.79. The number of H-pyrrole nitrogens is 1. The average Bonchev–Trinajstić information content (AvgIpc) is 2.56. The lowest BCUT2D eigenvalue weighted by Crippen LogP contribution is -2.11. The molecule has 3 rings (SSSR count). The third-order valence-electron chi connectivity index (χ3n) is 3.73. The number of nitrogens with one attached hydrogen (secondary N) is 2. The minimum atomic E-state index is -0.239. The zero-order valence-electron chi connectivity index (χ0n) is 13.6. The molecule has 1 heterocycles. The number of hydrogen-bond donors (Lipinski definition) is 2. The van der Waals surface area contributed by atoms with E-state index in [1.165, 1.54) is 11.1 Å². The van der Waals surface area contributed by atoms with Crippen molar-refractivity contribution in [3.8, 4) is 0 Å². The second-order valence-electron chi connectivity index (χ2n) is 6.02. The topological polar surface area (TPSA) is 61.0 Å². The molecule has 2 aromatic carbocycles. The normalized spacial score (nSPS) is 11.2. The van der Waals surface area contributed by atoms with Crippen LogP contribution in [0.2, 0.25) is 5.15 Å². The Hall–Kier alpha value is -2.37. The van der Waals surface area contributed by atoms with Crippen LogP contribution in [-0.2, 0) is 13.1 Å². The summed E-state index contributed by atoms with van der Waals surface area (Å²) in [6.45, 7) is 1.61. The van der Waals surface area contributed by atoms with Crippen LogP contribution < -0.4 is 10.9 Å². The van der Waals surface area contributed by atoms with Gasteiger partial charge in [-0.1, -0.05) is 35.9 Å². The second kappa shape index (κ2) is 7.03. The second-order valence-corrected chi connectivity index (χ2v) is 6.37. The summed E-state index contributed by atoms with van der Waals surface area (Å²) in [5, 5.41) is 11.0. The van der Waals surface area contributed by atoms with Gasteiger partial charge in [-0.3, -0.25) is 4.79 Å². The van der Waals surface area contributed by atoms with Crippen molar-refractivity contribution in [3.63, 3.8) is 0 Å². The first kappa shape index (κ1) is 16.5. The molecule has 0 aliphatic rings. The summed E-state index contributed by atoms with van der Waals surface area (Å²) in [6, 6.07) is 13.9. The fraction of sp³-hybridized carbons (Fsp3) is 0.222. The fourth-order valence-electron chi connectivity index (χ4n) is 2.65. The molecule has 0 atom stereocenters.